The molecule has 0 unspecified atom stereocenters. The number of nitrogens with zero attached hydrogens (tertiary/aromatic N) is 3. The fourth-order valence-corrected chi connectivity index (χ4v) is 5.02. The van der Waals surface area contributed by atoms with Gasteiger partial charge in [0.1, 0.15) is 5.69 Å². The number of phenolic OH excluding ortho intramolecular Hbond substituents is 1. The number of aryl methyl sites for hydroxylation is 1. The van der Waals surface area contributed by atoms with Gasteiger partial charge in [0.05, 0.1) is 16.9 Å². The van der Waals surface area contributed by atoms with E-state index in [4.69, 9.17) is 4.98 Å². The summed E-state index contributed by atoms with van der Waals surface area (Å²) in [5, 5.41) is 18.4. The summed E-state index contributed by atoms with van der Waals surface area (Å²) in [5.74, 6) is -0.123. The predicted molar refractivity (Wildman–Crippen MR) is 122 cm³/mol. The molecule has 0 spiro atoms. The highest BCUT2D eigenvalue weighted by molar-refractivity contribution is 5.94. The summed E-state index contributed by atoms with van der Waals surface area (Å²) in [6.07, 6.45) is 5.65. The molecule has 3 heterocycles. The van der Waals surface area contributed by atoms with Crippen LogP contribution in [0.1, 0.15) is 43.1 Å². The lowest BCUT2D eigenvalue weighted by atomic mass is 9.90. The molecular weight excluding hydrogens is 405 g/mol. The summed E-state index contributed by atoms with van der Waals surface area (Å²) < 4.78 is 14.1. The Morgan fingerprint density at radius 2 is 2.09 bits per heavy atom. The lowest BCUT2D eigenvalue weighted by Gasteiger charge is -2.39. The van der Waals surface area contributed by atoms with Crippen LogP contribution in [-0.4, -0.2) is 42.8 Å². The summed E-state index contributed by atoms with van der Waals surface area (Å²) in [6.45, 7) is 4.01. The third kappa shape index (κ3) is 3.11. The van der Waals surface area contributed by atoms with Gasteiger partial charge in [-0.15, -0.1) is 0 Å². The normalized spacial score (nSPS) is 16.9. The second kappa shape index (κ2) is 7.45. The number of hydrogen-bond donors (Lipinski definition) is 3. The number of aromatic hydroxyl groups is 1. The standard InChI is InChI=1S/C25H26FN5O/c1-2-14-11-23(32)19(26)12-18(14)15-6-7-17-21(10-15)29-30-24(17)25-27-20-8-9-31(13-22(20)28-25)16-4-3-5-16/h6-7,10-12,16,32H,2-5,8-9,13H2,1H3,(H,27,28)(H,29,30). The summed E-state index contributed by atoms with van der Waals surface area (Å²) in [4.78, 5) is 11.0. The summed E-state index contributed by atoms with van der Waals surface area (Å²) in [5.41, 5.74) is 6.61. The molecule has 1 fully saturated rings. The number of benzene rings is 2. The maximum Gasteiger partial charge on any atom is 0.165 e. The van der Waals surface area contributed by atoms with Crippen molar-refractivity contribution in [3.05, 3.63) is 53.1 Å². The fraction of sp³-hybridized carbons (Fsp3) is 0.360. The molecule has 2 aromatic heterocycles. The van der Waals surface area contributed by atoms with Crippen LogP contribution in [0.25, 0.3) is 33.5 Å². The number of phenols is 1. The van der Waals surface area contributed by atoms with Gasteiger partial charge in [0, 0.05) is 30.9 Å². The van der Waals surface area contributed by atoms with Gasteiger partial charge >= 0.3 is 0 Å². The largest absolute Gasteiger partial charge is 0.505 e. The van der Waals surface area contributed by atoms with Crippen molar-refractivity contribution in [1.82, 2.24) is 25.1 Å². The fourth-order valence-electron chi connectivity index (χ4n) is 5.02. The Kier molecular flexibility index (Phi) is 4.54. The van der Waals surface area contributed by atoms with E-state index in [9.17, 15) is 9.50 Å². The molecule has 0 bridgehead atoms. The highest BCUT2D eigenvalue weighted by atomic mass is 19.1. The lowest BCUT2D eigenvalue weighted by molar-refractivity contribution is 0.111. The first-order valence-electron chi connectivity index (χ1n) is 11.4. The van der Waals surface area contributed by atoms with Crippen molar-refractivity contribution in [3.63, 3.8) is 0 Å². The minimum atomic E-state index is -0.611. The Labute approximate surface area is 185 Å². The van der Waals surface area contributed by atoms with Gasteiger partial charge in [-0.2, -0.15) is 5.10 Å². The average molecular weight is 432 g/mol. The van der Waals surface area contributed by atoms with E-state index in [1.165, 1.54) is 37.1 Å². The number of imidazole rings is 1. The lowest BCUT2D eigenvalue weighted by Crippen LogP contribution is -2.43. The van der Waals surface area contributed by atoms with Gasteiger partial charge < -0.3 is 10.1 Å². The van der Waals surface area contributed by atoms with E-state index >= 15 is 0 Å². The van der Waals surface area contributed by atoms with Gasteiger partial charge in [0.15, 0.2) is 17.4 Å². The quantitative estimate of drug-likeness (QED) is 0.428. The molecule has 0 radical (unpaired) electrons. The Balaban J connectivity index is 1.34. The predicted octanol–water partition coefficient (Wildman–Crippen LogP) is 4.94. The third-order valence-electron chi connectivity index (χ3n) is 7.10. The molecule has 3 N–H and O–H groups in total. The highest BCUT2D eigenvalue weighted by Gasteiger charge is 2.30. The van der Waals surface area contributed by atoms with E-state index in [1.807, 2.05) is 25.1 Å². The third-order valence-corrected chi connectivity index (χ3v) is 7.10. The molecular formula is C25H26FN5O. The number of aromatic nitrogens is 4. The molecule has 164 valence electrons. The molecule has 2 aliphatic rings. The van der Waals surface area contributed by atoms with Crippen LogP contribution in [0.15, 0.2) is 30.3 Å². The van der Waals surface area contributed by atoms with Crippen molar-refractivity contribution < 1.29 is 9.50 Å². The maximum absolute atomic E-state index is 14.1. The molecule has 4 aromatic rings. The second-order valence-electron chi connectivity index (χ2n) is 8.96. The van der Waals surface area contributed by atoms with E-state index in [0.29, 0.717) is 6.42 Å². The zero-order valence-electron chi connectivity index (χ0n) is 18.1. The number of fused-ring (bicyclic) bond motifs is 2. The van der Waals surface area contributed by atoms with Gasteiger partial charge in [-0.3, -0.25) is 10.00 Å². The van der Waals surface area contributed by atoms with Gasteiger partial charge in [-0.25, -0.2) is 9.37 Å². The Morgan fingerprint density at radius 3 is 2.88 bits per heavy atom. The minimum absolute atomic E-state index is 0.312. The molecule has 7 heteroatoms. The van der Waals surface area contributed by atoms with Crippen LogP contribution in [0.5, 0.6) is 5.75 Å². The Morgan fingerprint density at radius 1 is 1.22 bits per heavy atom. The number of hydrogen-bond acceptors (Lipinski definition) is 4. The zero-order chi connectivity index (χ0) is 21.8. The van der Waals surface area contributed by atoms with Crippen LogP contribution in [0.3, 0.4) is 0 Å². The van der Waals surface area contributed by atoms with Gasteiger partial charge in [-0.05, 0) is 60.2 Å². The topological polar surface area (TPSA) is 80.8 Å². The van der Waals surface area contributed by atoms with Crippen molar-refractivity contribution in [3.8, 4) is 28.4 Å². The zero-order valence-corrected chi connectivity index (χ0v) is 18.1. The summed E-state index contributed by atoms with van der Waals surface area (Å²) in [6, 6.07) is 9.62. The molecule has 1 aliphatic heterocycles. The van der Waals surface area contributed by atoms with Crippen molar-refractivity contribution in [2.45, 2.75) is 51.6 Å². The number of H-pyrrole nitrogens is 2. The molecule has 1 aliphatic carbocycles. The SMILES string of the molecule is CCc1cc(O)c(F)cc1-c1ccc2c(-c3nc4c([nH]3)CN(C3CCC3)CC4)n[nH]c2c1. The van der Waals surface area contributed by atoms with E-state index in [0.717, 1.165) is 70.4 Å². The average Bonchev–Trinajstić information content (AvgIpc) is 3.37. The number of rotatable bonds is 4. The van der Waals surface area contributed by atoms with E-state index in [1.54, 1.807) is 0 Å². The number of aromatic amines is 2. The first-order valence-corrected chi connectivity index (χ1v) is 11.4. The maximum atomic E-state index is 14.1. The van der Waals surface area contributed by atoms with Crippen molar-refractivity contribution in [2.24, 2.45) is 0 Å². The van der Waals surface area contributed by atoms with Crippen LogP contribution in [-0.2, 0) is 19.4 Å². The number of halogens is 1. The molecule has 0 saturated heterocycles. The van der Waals surface area contributed by atoms with Crippen molar-refractivity contribution in [2.75, 3.05) is 6.54 Å². The molecule has 6 nitrogen and oxygen atoms in total. The van der Waals surface area contributed by atoms with E-state index in [-0.39, 0.29) is 5.75 Å². The molecule has 2 aromatic carbocycles. The second-order valence-corrected chi connectivity index (χ2v) is 8.96. The van der Waals surface area contributed by atoms with Crippen LogP contribution in [0.4, 0.5) is 4.39 Å². The summed E-state index contributed by atoms with van der Waals surface area (Å²) in [7, 11) is 0. The molecule has 1 saturated carbocycles. The molecule has 32 heavy (non-hydrogen) atoms. The van der Waals surface area contributed by atoms with Gasteiger partial charge in [0.25, 0.3) is 0 Å². The molecule has 0 amide bonds. The van der Waals surface area contributed by atoms with Gasteiger partial charge in [0.2, 0.25) is 0 Å². The van der Waals surface area contributed by atoms with Crippen molar-refractivity contribution in [1.29, 1.82) is 0 Å². The van der Waals surface area contributed by atoms with Crippen LogP contribution in [0.2, 0.25) is 0 Å². The first-order chi connectivity index (χ1) is 15.6. The van der Waals surface area contributed by atoms with Gasteiger partial charge in [-0.1, -0.05) is 19.4 Å². The van der Waals surface area contributed by atoms with Crippen LogP contribution >= 0.6 is 0 Å². The molecule has 6 rings (SSSR count). The van der Waals surface area contributed by atoms with Crippen LogP contribution < -0.4 is 0 Å². The Bertz CT molecular complexity index is 1320. The molecule has 0 atom stereocenters. The first kappa shape index (κ1) is 19.5. The van der Waals surface area contributed by atoms with E-state index in [2.05, 4.69) is 20.1 Å². The monoisotopic (exact) mass is 431 g/mol. The van der Waals surface area contributed by atoms with Crippen molar-refractivity contribution >= 4 is 10.9 Å². The summed E-state index contributed by atoms with van der Waals surface area (Å²) >= 11 is 0. The number of nitrogens with one attached hydrogen (secondary N) is 2. The Hall–Kier alpha value is -3.19. The van der Waals surface area contributed by atoms with E-state index < -0.39 is 5.82 Å². The highest BCUT2D eigenvalue weighted by Crippen LogP contribution is 2.34. The van der Waals surface area contributed by atoms with Crippen LogP contribution in [0, 0.1) is 5.82 Å². The minimum Gasteiger partial charge on any atom is -0.505 e. The smallest absolute Gasteiger partial charge is 0.165 e.